The summed E-state index contributed by atoms with van der Waals surface area (Å²) in [5.41, 5.74) is 0.188. The summed E-state index contributed by atoms with van der Waals surface area (Å²) < 4.78 is 43.1. The lowest BCUT2D eigenvalue weighted by Gasteiger charge is -2.21. The highest BCUT2D eigenvalue weighted by Crippen LogP contribution is 2.26. The maximum Gasteiger partial charge on any atom is 0.411 e. The number of carbonyl (C=O) groups excluding carboxylic acids is 2. The van der Waals surface area contributed by atoms with Gasteiger partial charge in [-0.25, -0.2) is 17.9 Å². The molecule has 2 aromatic rings. The van der Waals surface area contributed by atoms with Gasteiger partial charge in [-0.1, -0.05) is 6.07 Å². The summed E-state index contributed by atoms with van der Waals surface area (Å²) in [7, 11) is -1.10. The Bertz CT molecular complexity index is 1100. The molecule has 0 heterocycles. The first kappa shape index (κ1) is 26.1. The molecule has 0 aliphatic rings. The minimum atomic E-state index is -3.94. The molecule has 0 saturated carbocycles. The third kappa shape index (κ3) is 8.04. The van der Waals surface area contributed by atoms with Crippen LogP contribution in [0.1, 0.15) is 31.1 Å². The Morgan fingerprint density at radius 2 is 1.61 bits per heavy atom. The number of nitrogens with one attached hydrogen (secondary N) is 3. The van der Waals surface area contributed by atoms with E-state index in [1.165, 1.54) is 38.5 Å². The number of carbonyl (C=O) groups is 2. The van der Waals surface area contributed by atoms with Crippen molar-refractivity contribution in [3.63, 3.8) is 0 Å². The molecule has 180 valence electrons. The molecule has 33 heavy (non-hydrogen) atoms. The normalized spacial score (nSPS) is 11.5. The quantitative estimate of drug-likeness (QED) is 0.471. The van der Waals surface area contributed by atoms with Crippen molar-refractivity contribution < 1.29 is 32.2 Å². The molecule has 3 N–H and O–H groups in total. The predicted octanol–water partition coefficient (Wildman–Crippen LogP) is 3.22. The van der Waals surface area contributed by atoms with Crippen molar-refractivity contribution in [2.45, 2.75) is 31.2 Å². The van der Waals surface area contributed by atoms with Gasteiger partial charge in [0, 0.05) is 29.6 Å². The van der Waals surface area contributed by atoms with E-state index in [2.05, 4.69) is 15.4 Å². The van der Waals surface area contributed by atoms with Crippen LogP contribution < -0.4 is 20.1 Å². The molecule has 0 aliphatic heterocycles. The standard InChI is InChI=1S/C22H29N3O7S/c1-22(2,3)25-33(28,29)19-13-15(9-10-18(19)31-5)20(26)23-16-7-6-8-17(14-16)24-21(27)32-12-11-30-4/h6-10,13-14,25H,11-12H2,1-5H3,(H,23,26)(H,24,27). The highest BCUT2D eigenvalue weighted by Gasteiger charge is 2.26. The molecule has 0 radical (unpaired) electrons. The molecule has 11 heteroatoms. The lowest BCUT2D eigenvalue weighted by atomic mass is 10.1. The largest absolute Gasteiger partial charge is 0.495 e. The molecule has 0 aliphatic carbocycles. The van der Waals surface area contributed by atoms with Gasteiger partial charge in [0.25, 0.3) is 5.91 Å². The number of hydrogen-bond donors (Lipinski definition) is 3. The first-order chi connectivity index (χ1) is 15.4. The predicted molar refractivity (Wildman–Crippen MR) is 124 cm³/mol. The Morgan fingerprint density at radius 3 is 2.21 bits per heavy atom. The fraction of sp³-hybridized carbons (Fsp3) is 0.364. The third-order valence-electron chi connectivity index (χ3n) is 4.04. The highest BCUT2D eigenvalue weighted by atomic mass is 32.2. The van der Waals surface area contributed by atoms with E-state index in [0.29, 0.717) is 11.4 Å². The zero-order chi connectivity index (χ0) is 24.6. The number of rotatable bonds is 9. The Morgan fingerprint density at radius 1 is 0.939 bits per heavy atom. The zero-order valence-corrected chi connectivity index (χ0v) is 20.0. The summed E-state index contributed by atoms with van der Waals surface area (Å²) in [6, 6.07) is 10.6. The summed E-state index contributed by atoms with van der Waals surface area (Å²) in [6.07, 6.45) is -0.660. The molecule has 0 saturated heterocycles. The second-order valence-corrected chi connectivity index (χ2v) is 9.66. The van der Waals surface area contributed by atoms with Gasteiger partial charge < -0.3 is 19.5 Å². The van der Waals surface area contributed by atoms with Gasteiger partial charge in [-0.15, -0.1) is 0 Å². The molecule has 2 aromatic carbocycles. The van der Waals surface area contributed by atoms with E-state index < -0.39 is 27.6 Å². The maximum atomic E-state index is 12.8. The lowest BCUT2D eigenvalue weighted by Crippen LogP contribution is -2.40. The number of amides is 2. The van der Waals surface area contributed by atoms with Gasteiger partial charge in [0.05, 0.1) is 13.7 Å². The van der Waals surface area contributed by atoms with Crippen LogP contribution >= 0.6 is 0 Å². The topological polar surface area (TPSA) is 132 Å². The molecule has 0 bridgehead atoms. The molecule has 2 rings (SSSR count). The monoisotopic (exact) mass is 479 g/mol. The molecule has 0 fully saturated rings. The number of methoxy groups -OCH3 is 2. The average molecular weight is 480 g/mol. The molecule has 2 amide bonds. The van der Waals surface area contributed by atoms with Gasteiger partial charge in [0.15, 0.2) is 0 Å². The molecule has 0 spiro atoms. The van der Waals surface area contributed by atoms with E-state index in [1.54, 1.807) is 39.0 Å². The SMILES string of the molecule is COCCOC(=O)Nc1cccc(NC(=O)c2ccc(OC)c(S(=O)(=O)NC(C)(C)C)c2)c1. The van der Waals surface area contributed by atoms with E-state index in [9.17, 15) is 18.0 Å². The van der Waals surface area contributed by atoms with E-state index in [-0.39, 0.29) is 29.4 Å². The van der Waals surface area contributed by atoms with Gasteiger partial charge in [0.1, 0.15) is 17.3 Å². The van der Waals surface area contributed by atoms with Gasteiger partial charge in [-0.05, 0) is 57.2 Å². The van der Waals surface area contributed by atoms with Crippen LogP contribution in [-0.4, -0.2) is 53.4 Å². The Kier molecular flexibility index (Phi) is 8.80. The molecule has 0 aromatic heterocycles. The third-order valence-corrected chi connectivity index (χ3v) is 5.82. The van der Waals surface area contributed by atoms with E-state index in [0.717, 1.165) is 0 Å². The summed E-state index contributed by atoms with van der Waals surface area (Å²) in [4.78, 5) is 24.4. The van der Waals surface area contributed by atoms with E-state index >= 15 is 0 Å². The number of sulfonamides is 1. The van der Waals surface area contributed by atoms with Crippen LogP contribution in [0.3, 0.4) is 0 Å². The summed E-state index contributed by atoms with van der Waals surface area (Å²) in [5.74, 6) is -0.425. The van der Waals surface area contributed by atoms with Crippen LogP contribution in [0.25, 0.3) is 0 Å². The first-order valence-electron chi connectivity index (χ1n) is 10.0. The van der Waals surface area contributed by atoms with Crippen LogP contribution in [0.15, 0.2) is 47.4 Å². The van der Waals surface area contributed by atoms with Crippen molar-refractivity contribution in [2.24, 2.45) is 0 Å². The summed E-state index contributed by atoms with van der Waals surface area (Å²) >= 11 is 0. The minimum absolute atomic E-state index is 0.103. The van der Waals surface area contributed by atoms with Gasteiger partial charge in [0.2, 0.25) is 10.0 Å². The number of benzene rings is 2. The van der Waals surface area contributed by atoms with Crippen molar-refractivity contribution in [3.05, 3.63) is 48.0 Å². The van der Waals surface area contributed by atoms with Crippen LogP contribution in [0.5, 0.6) is 5.75 Å². The number of hydrogen-bond acceptors (Lipinski definition) is 7. The van der Waals surface area contributed by atoms with Crippen molar-refractivity contribution in [2.75, 3.05) is 38.1 Å². The van der Waals surface area contributed by atoms with Crippen molar-refractivity contribution in [1.29, 1.82) is 0 Å². The average Bonchev–Trinajstić information content (AvgIpc) is 2.72. The van der Waals surface area contributed by atoms with Crippen LogP contribution in [-0.2, 0) is 19.5 Å². The smallest absolute Gasteiger partial charge is 0.411 e. The minimum Gasteiger partial charge on any atom is -0.495 e. The van der Waals surface area contributed by atoms with E-state index in [1.807, 2.05) is 0 Å². The van der Waals surface area contributed by atoms with Crippen molar-refractivity contribution in [3.8, 4) is 5.75 Å². The molecule has 10 nitrogen and oxygen atoms in total. The Labute approximate surface area is 193 Å². The van der Waals surface area contributed by atoms with Crippen LogP contribution in [0.2, 0.25) is 0 Å². The Balaban J connectivity index is 2.20. The molecular weight excluding hydrogens is 450 g/mol. The van der Waals surface area contributed by atoms with E-state index in [4.69, 9.17) is 14.2 Å². The summed E-state index contributed by atoms with van der Waals surface area (Å²) in [5, 5.41) is 5.23. The zero-order valence-electron chi connectivity index (χ0n) is 19.2. The van der Waals surface area contributed by atoms with Gasteiger partial charge >= 0.3 is 6.09 Å². The Hall–Kier alpha value is -3.15. The fourth-order valence-corrected chi connectivity index (χ4v) is 4.35. The fourth-order valence-electron chi connectivity index (χ4n) is 2.74. The first-order valence-corrected chi connectivity index (χ1v) is 11.5. The molecular formula is C22H29N3O7S. The van der Waals surface area contributed by atoms with Crippen molar-refractivity contribution in [1.82, 2.24) is 4.72 Å². The number of ether oxygens (including phenoxy) is 3. The lowest BCUT2D eigenvalue weighted by molar-refractivity contribution is 0.102. The molecule has 0 atom stereocenters. The number of anilines is 2. The van der Waals surface area contributed by atoms with Gasteiger partial charge in [-0.2, -0.15) is 0 Å². The van der Waals surface area contributed by atoms with Gasteiger partial charge in [-0.3, -0.25) is 10.1 Å². The maximum absolute atomic E-state index is 12.8. The summed E-state index contributed by atoms with van der Waals surface area (Å²) in [6.45, 7) is 5.51. The second kappa shape index (κ2) is 11.1. The van der Waals surface area contributed by atoms with Crippen LogP contribution in [0, 0.1) is 0 Å². The highest BCUT2D eigenvalue weighted by molar-refractivity contribution is 7.89. The van der Waals surface area contributed by atoms with Crippen LogP contribution in [0.4, 0.5) is 16.2 Å². The molecule has 0 unspecified atom stereocenters. The second-order valence-electron chi connectivity index (χ2n) is 8.01. The van der Waals surface area contributed by atoms with Crippen molar-refractivity contribution >= 4 is 33.4 Å².